The molecule has 24 heavy (non-hydrogen) atoms. The van der Waals surface area contributed by atoms with Gasteiger partial charge in [-0.05, 0) is 30.0 Å². The highest BCUT2D eigenvalue weighted by molar-refractivity contribution is 5.90. The molecule has 126 valence electrons. The Bertz CT molecular complexity index is 698. The third-order valence-electron chi connectivity index (χ3n) is 4.58. The highest BCUT2D eigenvalue weighted by Gasteiger charge is 2.17. The lowest BCUT2D eigenvalue weighted by molar-refractivity contribution is -0.124. The van der Waals surface area contributed by atoms with Gasteiger partial charge in [0.15, 0.2) is 0 Å². The molecule has 3 N–H and O–H groups in total. The predicted octanol–water partition coefficient (Wildman–Crippen LogP) is 3.57. The van der Waals surface area contributed by atoms with Gasteiger partial charge in [0, 0.05) is 30.3 Å². The third-order valence-corrected chi connectivity index (χ3v) is 4.58. The van der Waals surface area contributed by atoms with E-state index in [4.69, 9.17) is 5.21 Å². The molecular formula is C19H23N3O2. The zero-order valence-corrected chi connectivity index (χ0v) is 13.7. The fraction of sp³-hybridized carbons (Fsp3) is 0.368. The van der Waals surface area contributed by atoms with E-state index in [2.05, 4.69) is 9.97 Å². The summed E-state index contributed by atoms with van der Waals surface area (Å²) in [4.78, 5) is 19.0. The van der Waals surface area contributed by atoms with E-state index in [1.807, 2.05) is 30.5 Å². The number of amides is 1. The van der Waals surface area contributed by atoms with Gasteiger partial charge in [-0.25, -0.2) is 10.5 Å². The van der Waals surface area contributed by atoms with Crippen LogP contribution in [0.3, 0.4) is 0 Å². The largest absolute Gasteiger partial charge is 0.345 e. The fourth-order valence-corrected chi connectivity index (χ4v) is 3.24. The third kappa shape index (κ3) is 4.32. The Hall–Kier alpha value is -2.40. The Morgan fingerprint density at radius 3 is 2.71 bits per heavy atom. The Morgan fingerprint density at radius 2 is 2.00 bits per heavy atom. The summed E-state index contributed by atoms with van der Waals surface area (Å²) in [7, 11) is 0. The molecule has 1 aromatic heterocycles. The Kier molecular flexibility index (Phi) is 5.43. The first-order chi connectivity index (χ1) is 11.7. The van der Waals surface area contributed by atoms with E-state index in [0.29, 0.717) is 5.92 Å². The van der Waals surface area contributed by atoms with E-state index in [9.17, 15) is 4.79 Å². The lowest BCUT2D eigenvalue weighted by Crippen LogP contribution is -2.14. The van der Waals surface area contributed by atoms with Crippen molar-refractivity contribution in [2.75, 3.05) is 0 Å². The summed E-state index contributed by atoms with van der Waals surface area (Å²) < 4.78 is 0. The first kappa shape index (κ1) is 16.5. The van der Waals surface area contributed by atoms with Crippen LogP contribution in [0.15, 0.2) is 36.5 Å². The van der Waals surface area contributed by atoms with Crippen molar-refractivity contribution < 1.29 is 10.0 Å². The van der Waals surface area contributed by atoms with Gasteiger partial charge in [-0.3, -0.25) is 10.0 Å². The zero-order chi connectivity index (χ0) is 16.8. The predicted molar refractivity (Wildman–Crippen MR) is 92.6 cm³/mol. The normalized spacial score (nSPS) is 15.7. The molecule has 3 rings (SSSR count). The highest BCUT2D eigenvalue weighted by atomic mass is 16.5. The van der Waals surface area contributed by atoms with Gasteiger partial charge in [0.05, 0.1) is 0 Å². The van der Waals surface area contributed by atoms with E-state index in [1.165, 1.54) is 49.4 Å². The molecule has 1 amide bonds. The number of nitrogens with zero attached hydrogens (tertiary/aromatic N) is 1. The van der Waals surface area contributed by atoms with Crippen molar-refractivity contribution in [1.29, 1.82) is 0 Å². The van der Waals surface area contributed by atoms with Crippen molar-refractivity contribution in [3.63, 3.8) is 0 Å². The van der Waals surface area contributed by atoms with Crippen molar-refractivity contribution in [2.24, 2.45) is 0 Å². The molecule has 0 spiro atoms. The van der Waals surface area contributed by atoms with Gasteiger partial charge in [-0.1, -0.05) is 43.5 Å². The van der Waals surface area contributed by atoms with Crippen LogP contribution < -0.4 is 5.48 Å². The van der Waals surface area contributed by atoms with E-state index in [0.717, 1.165) is 17.8 Å². The molecule has 5 nitrogen and oxygen atoms in total. The van der Waals surface area contributed by atoms with Gasteiger partial charge in [0.25, 0.3) is 5.91 Å². The lowest BCUT2D eigenvalue weighted by atomic mass is 9.87. The molecule has 1 aromatic carbocycles. The molecule has 1 heterocycles. The minimum atomic E-state index is -0.537. The Morgan fingerprint density at radius 1 is 1.25 bits per heavy atom. The Labute approximate surface area is 141 Å². The first-order valence-electron chi connectivity index (χ1n) is 8.49. The number of benzene rings is 1. The van der Waals surface area contributed by atoms with Crippen LogP contribution in [0.4, 0.5) is 0 Å². The van der Waals surface area contributed by atoms with E-state index in [-0.39, 0.29) is 0 Å². The van der Waals surface area contributed by atoms with Gasteiger partial charge >= 0.3 is 0 Å². The average molecular weight is 325 g/mol. The average Bonchev–Trinajstić information content (AvgIpc) is 3.10. The standard InChI is InChI=1S/C19H23N3O2/c23-19(22-24)11-10-14-6-8-15(9-7-14)12-18-20-13-17(21-18)16-4-2-1-3-5-16/h6-11,13,16,24H,1-5,12H2,(H,20,21)(H,22,23). The number of carbonyl (C=O) groups excluding carboxylic acids is 1. The van der Waals surface area contributed by atoms with Crippen LogP contribution >= 0.6 is 0 Å². The van der Waals surface area contributed by atoms with E-state index < -0.39 is 5.91 Å². The van der Waals surface area contributed by atoms with Gasteiger partial charge in [0.1, 0.15) is 5.82 Å². The summed E-state index contributed by atoms with van der Waals surface area (Å²) in [5.74, 6) is 1.11. The van der Waals surface area contributed by atoms with Gasteiger partial charge < -0.3 is 4.98 Å². The molecule has 2 aromatic rings. The number of carbonyl (C=O) groups is 1. The van der Waals surface area contributed by atoms with Crippen LogP contribution in [0, 0.1) is 0 Å². The fourth-order valence-electron chi connectivity index (χ4n) is 3.24. The summed E-state index contributed by atoms with van der Waals surface area (Å²) in [5, 5.41) is 8.46. The maximum absolute atomic E-state index is 11.0. The number of rotatable bonds is 5. The van der Waals surface area contributed by atoms with Crippen LogP contribution in [0.25, 0.3) is 6.08 Å². The van der Waals surface area contributed by atoms with Crippen molar-refractivity contribution in [2.45, 2.75) is 44.4 Å². The van der Waals surface area contributed by atoms with Crippen molar-refractivity contribution in [3.05, 3.63) is 59.2 Å². The summed E-state index contributed by atoms with van der Waals surface area (Å²) in [5.41, 5.74) is 4.92. The molecule has 0 saturated heterocycles. The van der Waals surface area contributed by atoms with Crippen LogP contribution in [-0.2, 0) is 11.2 Å². The smallest absolute Gasteiger partial charge is 0.267 e. The van der Waals surface area contributed by atoms with Crippen LogP contribution in [0.5, 0.6) is 0 Å². The molecule has 1 aliphatic carbocycles. The number of aromatic nitrogens is 2. The van der Waals surface area contributed by atoms with Gasteiger partial charge in [-0.15, -0.1) is 0 Å². The number of hydroxylamine groups is 1. The van der Waals surface area contributed by atoms with Crippen molar-refractivity contribution >= 4 is 12.0 Å². The molecule has 0 bridgehead atoms. The second-order valence-electron chi connectivity index (χ2n) is 6.35. The molecule has 0 unspecified atom stereocenters. The van der Waals surface area contributed by atoms with Crippen molar-refractivity contribution in [1.82, 2.24) is 15.4 Å². The number of aromatic amines is 1. The zero-order valence-electron chi connectivity index (χ0n) is 13.7. The SMILES string of the molecule is O=C(C=Cc1ccc(Cc2ncc(C3CCCCC3)[nH]2)cc1)NO. The number of H-pyrrole nitrogens is 1. The van der Waals surface area contributed by atoms with E-state index in [1.54, 1.807) is 11.6 Å². The van der Waals surface area contributed by atoms with E-state index >= 15 is 0 Å². The second kappa shape index (κ2) is 7.93. The molecule has 1 fully saturated rings. The van der Waals surface area contributed by atoms with Crippen molar-refractivity contribution in [3.8, 4) is 0 Å². The number of hydrogen-bond acceptors (Lipinski definition) is 3. The van der Waals surface area contributed by atoms with Gasteiger partial charge in [-0.2, -0.15) is 0 Å². The second-order valence-corrected chi connectivity index (χ2v) is 6.35. The molecule has 5 heteroatoms. The number of imidazole rings is 1. The summed E-state index contributed by atoms with van der Waals surface area (Å²) in [6.45, 7) is 0. The summed E-state index contributed by atoms with van der Waals surface area (Å²) >= 11 is 0. The molecule has 0 aliphatic heterocycles. The van der Waals surface area contributed by atoms with Crippen LogP contribution in [0.2, 0.25) is 0 Å². The minimum absolute atomic E-state index is 0.537. The summed E-state index contributed by atoms with van der Waals surface area (Å²) in [6.07, 6.45) is 12.3. The molecule has 0 radical (unpaired) electrons. The van der Waals surface area contributed by atoms with Crippen LogP contribution in [-0.4, -0.2) is 21.1 Å². The number of nitrogens with one attached hydrogen (secondary N) is 2. The molecule has 1 saturated carbocycles. The lowest BCUT2D eigenvalue weighted by Gasteiger charge is -2.19. The maximum atomic E-state index is 11.0. The quantitative estimate of drug-likeness (QED) is 0.447. The molecule has 1 aliphatic rings. The monoisotopic (exact) mass is 325 g/mol. The Balaban J connectivity index is 1.61. The minimum Gasteiger partial charge on any atom is -0.345 e. The molecule has 0 atom stereocenters. The first-order valence-corrected chi connectivity index (χ1v) is 8.49. The van der Waals surface area contributed by atoms with Crippen LogP contribution in [0.1, 0.15) is 60.7 Å². The van der Waals surface area contributed by atoms with Gasteiger partial charge in [0.2, 0.25) is 0 Å². The number of hydrogen-bond donors (Lipinski definition) is 3. The molecular weight excluding hydrogens is 302 g/mol. The summed E-state index contributed by atoms with van der Waals surface area (Å²) in [6, 6.07) is 7.95. The maximum Gasteiger partial charge on any atom is 0.267 e. The highest BCUT2D eigenvalue weighted by Crippen LogP contribution is 2.31. The topological polar surface area (TPSA) is 78.0 Å².